The van der Waals surface area contributed by atoms with Crippen molar-refractivity contribution in [1.82, 2.24) is 20.1 Å². The summed E-state index contributed by atoms with van der Waals surface area (Å²) in [4.78, 5) is 27.0. The van der Waals surface area contributed by atoms with Crippen LogP contribution >= 0.6 is 11.6 Å². The molecule has 1 atom stereocenters. The molecule has 0 aromatic carbocycles. The second-order valence-corrected chi connectivity index (χ2v) is 4.45. The molecular formula is C12H11ClN4O3. The molecule has 1 unspecified atom stereocenters. The van der Waals surface area contributed by atoms with Crippen LogP contribution in [-0.4, -0.2) is 31.7 Å². The van der Waals surface area contributed by atoms with E-state index in [1.807, 2.05) is 0 Å². The Bertz CT molecular complexity index is 656. The van der Waals surface area contributed by atoms with E-state index in [0.717, 1.165) is 0 Å². The zero-order valence-electron chi connectivity index (χ0n) is 10.4. The summed E-state index contributed by atoms with van der Waals surface area (Å²) in [6.45, 7) is 0. The molecule has 1 amide bonds. The first-order chi connectivity index (χ1) is 9.47. The predicted molar refractivity (Wildman–Crippen MR) is 70.3 cm³/mol. The quantitative estimate of drug-likeness (QED) is 0.821. The van der Waals surface area contributed by atoms with Gasteiger partial charge in [0.2, 0.25) is 0 Å². The van der Waals surface area contributed by atoms with Crippen molar-refractivity contribution in [3.8, 4) is 0 Å². The van der Waals surface area contributed by atoms with Gasteiger partial charge in [-0.25, -0.2) is 9.78 Å². The van der Waals surface area contributed by atoms with Gasteiger partial charge in [0.25, 0.3) is 5.91 Å². The lowest BCUT2D eigenvalue weighted by Crippen LogP contribution is -2.33. The van der Waals surface area contributed by atoms with Gasteiger partial charge < -0.3 is 10.4 Å². The summed E-state index contributed by atoms with van der Waals surface area (Å²) in [5.41, 5.74) is 0.619. The monoisotopic (exact) mass is 294 g/mol. The molecule has 0 saturated heterocycles. The van der Waals surface area contributed by atoms with Crippen LogP contribution in [0, 0.1) is 0 Å². The number of amides is 1. The molecule has 0 aliphatic heterocycles. The van der Waals surface area contributed by atoms with Gasteiger partial charge in [0, 0.05) is 30.6 Å². The van der Waals surface area contributed by atoms with E-state index in [0.29, 0.717) is 5.56 Å². The molecule has 8 heteroatoms. The van der Waals surface area contributed by atoms with Gasteiger partial charge in [-0.1, -0.05) is 11.6 Å². The molecule has 104 valence electrons. The molecule has 2 aromatic heterocycles. The molecule has 0 aliphatic rings. The largest absolute Gasteiger partial charge is 0.479 e. The molecule has 2 aromatic rings. The van der Waals surface area contributed by atoms with Crippen LogP contribution in [0.3, 0.4) is 0 Å². The number of hydrogen-bond donors (Lipinski definition) is 2. The number of aryl methyl sites for hydroxylation is 1. The van der Waals surface area contributed by atoms with Crippen LogP contribution in [0.2, 0.25) is 5.15 Å². The Balaban J connectivity index is 2.21. The Hall–Kier alpha value is -2.41. The van der Waals surface area contributed by atoms with Crippen molar-refractivity contribution >= 4 is 23.5 Å². The SMILES string of the molecule is Cn1cc(C(NC(=O)c2ccnc(Cl)c2)C(=O)O)cn1. The number of aliphatic carboxylic acids is 1. The van der Waals surface area contributed by atoms with Crippen LogP contribution in [0.1, 0.15) is 22.0 Å². The maximum Gasteiger partial charge on any atom is 0.331 e. The Morgan fingerprint density at radius 3 is 2.80 bits per heavy atom. The molecule has 0 bridgehead atoms. The number of hydrogen-bond acceptors (Lipinski definition) is 4. The Morgan fingerprint density at radius 2 is 2.25 bits per heavy atom. The fourth-order valence-electron chi connectivity index (χ4n) is 1.63. The van der Waals surface area contributed by atoms with E-state index in [9.17, 15) is 14.7 Å². The second-order valence-electron chi connectivity index (χ2n) is 4.06. The second kappa shape index (κ2) is 5.70. The molecule has 2 heterocycles. The number of rotatable bonds is 4. The van der Waals surface area contributed by atoms with Crippen molar-refractivity contribution in [1.29, 1.82) is 0 Å². The van der Waals surface area contributed by atoms with Gasteiger partial charge >= 0.3 is 5.97 Å². The molecule has 0 aliphatic carbocycles. The summed E-state index contributed by atoms with van der Waals surface area (Å²) in [5.74, 6) is -1.72. The number of carbonyl (C=O) groups excluding carboxylic acids is 1. The number of pyridine rings is 1. The van der Waals surface area contributed by atoms with Gasteiger partial charge in [0.15, 0.2) is 6.04 Å². The van der Waals surface area contributed by atoms with Crippen LogP contribution in [0.15, 0.2) is 30.7 Å². The lowest BCUT2D eigenvalue weighted by atomic mass is 10.1. The molecule has 2 rings (SSSR count). The zero-order chi connectivity index (χ0) is 14.7. The average Bonchev–Trinajstić information content (AvgIpc) is 2.81. The maximum atomic E-state index is 12.0. The molecule has 2 N–H and O–H groups in total. The number of nitrogens with zero attached hydrogens (tertiary/aromatic N) is 3. The highest BCUT2D eigenvalue weighted by Crippen LogP contribution is 2.14. The molecule has 0 spiro atoms. The van der Waals surface area contributed by atoms with Gasteiger partial charge in [-0.15, -0.1) is 0 Å². The predicted octanol–water partition coefficient (Wildman–Crippen LogP) is 1.02. The van der Waals surface area contributed by atoms with E-state index in [2.05, 4.69) is 15.4 Å². The smallest absolute Gasteiger partial charge is 0.331 e. The fraction of sp³-hybridized carbons (Fsp3) is 0.167. The average molecular weight is 295 g/mol. The Kier molecular flexibility index (Phi) is 3.99. The highest BCUT2D eigenvalue weighted by Gasteiger charge is 2.24. The Labute approximate surface area is 119 Å². The molecule has 7 nitrogen and oxygen atoms in total. The minimum absolute atomic E-state index is 0.158. The van der Waals surface area contributed by atoms with Crippen LogP contribution < -0.4 is 5.32 Å². The summed E-state index contributed by atoms with van der Waals surface area (Å²) in [6, 6.07) is 1.63. The number of halogens is 1. The topological polar surface area (TPSA) is 97.1 Å². The zero-order valence-corrected chi connectivity index (χ0v) is 11.2. The van der Waals surface area contributed by atoms with Crippen molar-refractivity contribution in [2.75, 3.05) is 0 Å². The third-order valence-electron chi connectivity index (χ3n) is 2.57. The van der Waals surface area contributed by atoms with Crippen molar-refractivity contribution < 1.29 is 14.7 Å². The first-order valence-corrected chi connectivity index (χ1v) is 5.99. The van der Waals surface area contributed by atoms with Crippen LogP contribution in [-0.2, 0) is 11.8 Å². The van der Waals surface area contributed by atoms with Crippen molar-refractivity contribution in [2.24, 2.45) is 7.05 Å². The molecule has 0 radical (unpaired) electrons. The van der Waals surface area contributed by atoms with Gasteiger partial charge in [0.1, 0.15) is 5.15 Å². The summed E-state index contributed by atoms with van der Waals surface area (Å²) in [6.07, 6.45) is 4.29. The van der Waals surface area contributed by atoms with Crippen molar-refractivity contribution in [2.45, 2.75) is 6.04 Å². The molecule has 0 fully saturated rings. The highest BCUT2D eigenvalue weighted by atomic mass is 35.5. The molecular weight excluding hydrogens is 284 g/mol. The van der Waals surface area contributed by atoms with E-state index in [1.54, 1.807) is 7.05 Å². The summed E-state index contributed by atoms with van der Waals surface area (Å²) >= 11 is 5.69. The minimum atomic E-state index is -1.18. The normalized spacial score (nSPS) is 11.9. The lowest BCUT2D eigenvalue weighted by molar-refractivity contribution is -0.139. The lowest BCUT2D eigenvalue weighted by Gasteiger charge is -2.12. The van der Waals surface area contributed by atoms with Crippen LogP contribution in [0.25, 0.3) is 0 Å². The first-order valence-electron chi connectivity index (χ1n) is 5.61. The van der Waals surface area contributed by atoms with E-state index in [1.165, 1.54) is 35.4 Å². The maximum absolute atomic E-state index is 12.0. The third-order valence-corrected chi connectivity index (χ3v) is 2.78. The third kappa shape index (κ3) is 3.12. The molecule has 0 saturated carbocycles. The van der Waals surface area contributed by atoms with Crippen molar-refractivity contribution in [3.63, 3.8) is 0 Å². The summed E-state index contributed by atoms with van der Waals surface area (Å²) in [7, 11) is 1.66. The highest BCUT2D eigenvalue weighted by molar-refractivity contribution is 6.29. The van der Waals surface area contributed by atoms with Crippen LogP contribution in [0.5, 0.6) is 0 Å². The van der Waals surface area contributed by atoms with Gasteiger partial charge in [-0.3, -0.25) is 9.48 Å². The fourth-order valence-corrected chi connectivity index (χ4v) is 1.81. The Morgan fingerprint density at radius 1 is 1.50 bits per heavy atom. The summed E-state index contributed by atoms with van der Waals surface area (Å²) in [5, 5.41) is 15.7. The number of nitrogens with one attached hydrogen (secondary N) is 1. The standard InChI is InChI=1S/C12H11ClN4O3/c1-17-6-8(5-15-17)10(12(19)20)16-11(18)7-2-3-14-9(13)4-7/h2-6,10H,1H3,(H,16,18)(H,19,20). The van der Waals surface area contributed by atoms with Gasteiger partial charge in [-0.05, 0) is 12.1 Å². The van der Waals surface area contributed by atoms with Gasteiger partial charge in [-0.2, -0.15) is 5.10 Å². The minimum Gasteiger partial charge on any atom is -0.479 e. The first kappa shape index (κ1) is 14.0. The van der Waals surface area contributed by atoms with E-state index in [4.69, 9.17) is 11.6 Å². The summed E-state index contributed by atoms with van der Waals surface area (Å²) < 4.78 is 1.46. The van der Waals surface area contributed by atoms with Crippen molar-refractivity contribution in [3.05, 3.63) is 47.0 Å². The number of carboxylic acid groups (broad SMARTS) is 1. The van der Waals surface area contributed by atoms with E-state index in [-0.39, 0.29) is 10.7 Å². The van der Waals surface area contributed by atoms with Gasteiger partial charge in [0.05, 0.1) is 6.20 Å². The molecule has 20 heavy (non-hydrogen) atoms. The number of carboxylic acids is 1. The van der Waals surface area contributed by atoms with E-state index < -0.39 is 17.9 Å². The number of aromatic nitrogens is 3. The van der Waals surface area contributed by atoms with E-state index >= 15 is 0 Å². The number of carbonyl (C=O) groups is 2. The van der Waals surface area contributed by atoms with Crippen LogP contribution in [0.4, 0.5) is 0 Å².